The average Bonchev–Trinajstić information content (AvgIpc) is 2.98. The number of sulfonamides is 1. The highest BCUT2D eigenvalue weighted by molar-refractivity contribution is 7.89. The van der Waals surface area contributed by atoms with Gasteiger partial charge in [0.1, 0.15) is 11.9 Å². The fraction of sp³-hybridized carbons (Fsp3) is 0.222. The largest absolute Gasteiger partial charge is 0.417 e. The van der Waals surface area contributed by atoms with E-state index in [0.717, 1.165) is 12.1 Å². The second-order valence-corrected chi connectivity index (χ2v) is 8.39. The molecule has 0 aliphatic heterocycles. The Labute approximate surface area is 170 Å². The SMILES string of the molecule is Cc1nnc([C@@H](NS(=O)(=O)c2ccc(Cl)cc2C(F)(F)F)c2ccccc2)n1C. The summed E-state index contributed by atoms with van der Waals surface area (Å²) in [6.45, 7) is 1.67. The highest BCUT2D eigenvalue weighted by atomic mass is 35.5. The van der Waals surface area contributed by atoms with Gasteiger partial charge in [-0.1, -0.05) is 41.9 Å². The van der Waals surface area contributed by atoms with Gasteiger partial charge in [-0.2, -0.15) is 17.9 Å². The van der Waals surface area contributed by atoms with E-state index in [0.29, 0.717) is 17.5 Å². The van der Waals surface area contributed by atoms with Gasteiger partial charge in [0.2, 0.25) is 10.0 Å². The number of nitrogens with one attached hydrogen (secondary N) is 1. The van der Waals surface area contributed by atoms with Gasteiger partial charge in [0.25, 0.3) is 0 Å². The molecule has 3 aromatic rings. The third-order valence-corrected chi connectivity index (χ3v) is 6.04. The molecule has 0 aliphatic carbocycles. The van der Waals surface area contributed by atoms with Crippen LogP contribution in [-0.4, -0.2) is 23.2 Å². The molecule has 0 fully saturated rings. The lowest BCUT2D eigenvalue weighted by atomic mass is 10.1. The van der Waals surface area contributed by atoms with Crippen molar-refractivity contribution in [2.24, 2.45) is 7.05 Å². The van der Waals surface area contributed by atoms with Gasteiger partial charge in [-0.25, -0.2) is 8.42 Å². The van der Waals surface area contributed by atoms with Crippen molar-refractivity contribution in [1.29, 1.82) is 0 Å². The fourth-order valence-corrected chi connectivity index (χ4v) is 4.33. The first-order valence-electron chi connectivity index (χ1n) is 8.30. The number of rotatable bonds is 5. The molecular weight excluding hydrogens is 429 g/mol. The number of hydrogen-bond acceptors (Lipinski definition) is 4. The van der Waals surface area contributed by atoms with E-state index >= 15 is 0 Å². The molecule has 1 N–H and O–H groups in total. The number of aromatic nitrogens is 3. The van der Waals surface area contributed by atoms with Gasteiger partial charge in [-0.3, -0.25) is 0 Å². The van der Waals surface area contributed by atoms with Crippen LogP contribution in [0.4, 0.5) is 13.2 Å². The first-order valence-corrected chi connectivity index (χ1v) is 10.2. The Morgan fingerprint density at radius 1 is 1.10 bits per heavy atom. The number of hydrogen-bond donors (Lipinski definition) is 1. The Bertz CT molecular complexity index is 1130. The van der Waals surface area contributed by atoms with Crippen LogP contribution in [0.3, 0.4) is 0 Å². The fourth-order valence-electron chi connectivity index (χ4n) is 2.77. The van der Waals surface area contributed by atoms with Crippen LogP contribution in [0, 0.1) is 6.92 Å². The second-order valence-electron chi connectivity index (χ2n) is 6.27. The third-order valence-electron chi connectivity index (χ3n) is 4.33. The summed E-state index contributed by atoms with van der Waals surface area (Å²) in [5.41, 5.74) is -0.854. The molecule has 1 aromatic heterocycles. The standard InChI is InChI=1S/C18H16ClF3N4O2S/c1-11-23-24-17(26(11)2)16(12-6-4-3-5-7-12)25-29(27,28)15-9-8-13(19)10-14(15)18(20,21)22/h3-10,16,25H,1-2H3/t16-/m0/s1. The molecule has 0 spiro atoms. The molecule has 0 amide bonds. The van der Waals surface area contributed by atoms with Crippen LogP contribution in [0.1, 0.15) is 28.8 Å². The highest BCUT2D eigenvalue weighted by Gasteiger charge is 2.38. The predicted molar refractivity (Wildman–Crippen MR) is 101 cm³/mol. The topological polar surface area (TPSA) is 76.9 Å². The molecule has 29 heavy (non-hydrogen) atoms. The van der Waals surface area contributed by atoms with Gasteiger partial charge in [0.15, 0.2) is 5.82 Å². The smallest absolute Gasteiger partial charge is 0.317 e. The first kappa shape index (κ1) is 21.3. The maximum absolute atomic E-state index is 13.4. The van der Waals surface area contributed by atoms with Crippen LogP contribution in [-0.2, 0) is 23.2 Å². The van der Waals surface area contributed by atoms with Crippen LogP contribution in [0.5, 0.6) is 0 Å². The summed E-state index contributed by atoms with van der Waals surface area (Å²) in [6, 6.07) is 9.84. The minimum Gasteiger partial charge on any atom is -0.317 e. The molecule has 0 saturated carbocycles. The molecule has 11 heteroatoms. The zero-order valence-corrected chi connectivity index (χ0v) is 16.8. The van der Waals surface area contributed by atoms with E-state index in [1.165, 1.54) is 0 Å². The highest BCUT2D eigenvalue weighted by Crippen LogP contribution is 2.36. The Kier molecular flexibility index (Phi) is 5.70. The van der Waals surface area contributed by atoms with Crippen molar-refractivity contribution in [3.05, 3.63) is 76.3 Å². The van der Waals surface area contributed by atoms with Crippen LogP contribution in [0.15, 0.2) is 53.4 Å². The van der Waals surface area contributed by atoms with Crippen LogP contribution >= 0.6 is 11.6 Å². The van der Waals surface area contributed by atoms with Crippen molar-refractivity contribution in [3.63, 3.8) is 0 Å². The van der Waals surface area contributed by atoms with Crippen molar-refractivity contribution >= 4 is 21.6 Å². The van der Waals surface area contributed by atoms with Crippen molar-refractivity contribution in [3.8, 4) is 0 Å². The molecule has 154 valence electrons. The predicted octanol–water partition coefficient (Wildman–Crippen LogP) is 3.86. The second kappa shape index (κ2) is 7.77. The molecule has 0 saturated heterocycles. The van der Waals surface area contributed by atoms with Crippen molar-refractivity contribution in [2.75, 3.05) is 0 Å². The van der Waals surface area contributed by atoms with Gasteiger partial charge in [-0.15, -0.1) is 10.2 Å². The Hall–Kier alpha value is -2.43. The summed E-state index contributed by atoms with van der Waals surface area (Å²) in [5.74, 6) is 0.752. The molecule has 2 aromatic carbocycles. The van der Waals surface area contributed by atoms with Gasteiger partial charge in [0, 0.05) is 12.1 Å². The molecule has 6 nitrogen and oxygen atoms in total. The van der Waals surface area contributed by atoms with E-state index in [2.05, 4.69) is 14.9 Å². The number of alkyl halides is 3. The van der Waals surface area contributed by atoms with Crippen LogP contribution in [0.25, 0.3) is 0 Å². The lowest BCUT2D eigenvalue weighted by Crippen LogP contribution is -2.32. The van der Waals surface area contributed by atoms with E-state index in [1.807, 2.05) is 0 Å². The number of benzene rings is 2. The molecule has 0 radical (unpaired) electrons. The number of nitrogens with zero attached hydrogens (tertiary/aromatic N) is 3. The van der Waals surface area contributed by atoms with E-state index in [9.17, 15) is 21.6 Å². The Morgan fingerprint density at radius 3 is 2.31 bits per heavy atom. The number of halogens is 4. The van der Waals surface area contributed by atoms with Gasteiger partial charge in [0.05, 0.1) is 10.5 Å². The summed E-state index contributed by atoms with van der Waals surface area (Å²) in [6.07, 6.45) is -4.90. The third kappa shape index (κ3) is 4.44. The maximum Gasteiger partial charge on any atom is 0.417 e. The van der Waals surface area contributed by atoms with Crippen LogP contribution < -0.4 is 4.72 Å². The molecular formula is C18H16ClF3N4O2S. The summed E-state index contributed by atoms with van der Waals surface area (Å²) in [5, 5.41) is 7.69. The van der Waals surface area contributed by atoms with Gasteiger partial charge >= 0.3 is 6.18 Å². The Morgan fingerprint density at radius 2 is 1.76 bits per heavy atom. The maximum atomic E-state index is 13.4. The van der Waals surface area contributed by atoms with E-state index in [-0.39, 0.29) is 10.8 Å². The summed E-state index contributed by atoms with van der Waals surface area (Å²) in [7, 11) is -2.97. The zero-order chi connectivity index (χ0) is 21.4. The van der Waals surface area contributed by atoms with E-state index in [1.54, 1.807) is 48.9 Å². The van der Waals surface area contributed by atoms with E-state index < -0.39 is 32.7 Å². The Balaban J connectivity index is 2.12. The van der Waals surface area contributed by atoms with Crippen molar-refractivity contribution in [2.45, 2.75) is 24.0 Å². The normalized spacial score (nSPS) is 13.4. The lowest BCUT2D eigenvalue weighted by molar-refractivity contribution is -0.139. The van der Waals surface area contributed by atoms with Gasteiger partial charge in [-0.05, 0) is 30.7 Å². The zero-order valence-electron chi connectivity index (χ0n) is 15.3. The van der Waals surface area contributed by atoms with Crippen molar-refractivity contribution in [1.82, 2.24) is 19.5 Å². The average molecular weight is 445 g/mol. The summed E-state index contributed by atoms with van der Waals surface area (Å²) in [4.78, 5) is -0.922. The molecule has 1 atom stereocenters. The van der Waals surface area contributed by atoms with Crippen LogP contribution in [0.2, 0.25) is 5.02 Å². The molecule has 0 aliphatic rings. The molecule has 0 bridgehead atoms. The summed E-state index contributed by atoms with van der Waals surface area (Å²) < 4.78 is 70.1. The molecule has 0 unspecified atom stereocenters. The summed E-state index contributed by atoms with van der Waals surface area (Å²) >= 11 is 5.66. The van der Waals surface area contributed by atoms with Gasteiger partial charge < -0.3 is 4.57 Å². The van der Waals surface area contributed by atoms with Crippen molar-refractivity contribution < 1.29 is 21.6 Å². The number of aryl methyl sites for hydroxylation is 1. The minimum atomic E-state index is -4.90. The first-order chi connectivity index (χ1) is 13.5. The minimum absolute atomic E-state index is 0.222. The lowest BCUT2D eigenvalue weighted by Gasteiger charge is -2.20. The quantitative estimate of drug-likeness (QED) is 0.648. The van der Waals surface area contributed by atoms with E-state index in [4.69, 9.17) is 11.6 Å². The monoisotopic (exact) mass is 444 g/mol. The molecule has 1 heterocycles. The molecule has 3 rings (SSSR count).